The lowest BCUT2D eigenvalue weighted by Gasteiger charge is -2.32. The molecule has 0 aliphatic carbocycles. The fraction of sp³-hybridized carbons (Fsp3) is 0.269. The summed E-state index contributed by atoms with van der Waals surface area (Å²) in [6, 6.07) is 17.2. The Labute approximate surface area is 207 Å². The van der Waals surface area contributed by atoms with Crippen LogP contribution in [0.3, 0.4) is 0 Å². The summed E-state index contributed by atoms with van der Waals surface area (Å²) in [6.45, 7) is 4.14. The molecule has 2 aromatic carbocycles. The third kappa shape index (κ3) is 4.26. The van der Waals surface area contributed by atoms with Crippen LogP contribution in [0.5, 0.6) is 0 Å². The van der Waals surface area contributed by atoms with Crippen LogP contribution in [-0.4, -0.2) is 21.8 Å². The number of furan rings is 1. The Bertz CT molecular complexity index is 1400. The van der Waals surface area contributed by atoms with Gasteiger partial charge in [0.25, 0.3) is 5.91 Å². The van der Waals surface area contributed by atoms with E-state index in [0.29, 0.717) is 27.4 Å². The number of hydrazone groups is 1. The van der Waals surface area contributed by atoms with Gasteiger partial charge >= 0.3 is 0 Å². The topological polar surface area (TPSA) is 70.2 Å². The Morgan fingerprint density at radius 2 is 1.97 bits per heavy atom. The molecular weight excluding hydrogens is 468 g/mol. The first-order valence-corrected chi connectivity index (χ1v) is 12.8. The molecule has 0 saturated carbocycles. The second kappa shape index (κ2) is 9.68. The number of amides is 1. The molecule has 6 nitrogen and oxygen atoms in total. The van der Waals surface area contributed by atoms with Crippen LogP contribution >= 0.6 is 23.4 Å². The largest absolute Gasteiger partial charge is 0.457 e. The van der Waals surface area contributed by atoms with Gasteiger partial charge in [-0.2, -0.15) is 0 Å². The Kier molecular flexibility index (Phi) is 6.48. The molecule has 0 fully saturated rings. The number of benzene rings is 2. The van der Waals surface area contributed by atoms with Crippen molar-refractivity contribution in [2.45, 2.75) is 39.3 Å². The van der Waals surface area contributed by atoms with Crippen LogP contribution in [0, 0.1) is 6.92 Å². The number of rotatable bonds is 6. The summed E-state index contributed by atoms with van der Waals surface area (Å²) in [5.74, 6) is 2.02. The lowest BCUT2D eigenvalue weighted by Crippen LogP contribution is -2.50. The number of thioether (sulfide) groups is 1. The molecule has 0 saturated heterocycles. The predicted octanol–water partition coefficient (Wildman–Crippen LogP) is 4.97. The van der Waals surface area contributed by atoms with Crippen molar-refractivity contribution < 1.29 is 9.21 Å². The van der Waals surface area contributed by atoms with E-state index in [1.807, 2.05) is 61.5 Å². The standard InChI is InChI=1S/C26H25ClN4O2S/c1-3-4-7-15-34-26-29-25(32)23-18-9-5-6-12-20(18)28-24(31(23)30-26)22-14-13-21(33-22)17-10-8-11-19(27)16(17)2/h5-6,8-14,24H,3-4,7,15H2,1-2H3,(H,29,30,32)/t24-/m1/s1. The molecule has 2 aliphatic heterocycles. The number of para-hydroxylation sites is 1. The van der Waals surface area contributed by atoms with Crippen molar-refractivity contribution in [1.29, 1.82) is 0 Å². The average molecular weight is 493 g/mol. The van der Waals surface area contributed by atoms with Crippen molar-refractivity contribution in [1.82, 2.24) is 10.3 Å². The van der Waals surface area contributed by atoms with E-state index in [1.165, 1.54) is 0 Å². The van der Waals surface area contributed by atoms with Gasteiger partial charge in [-0.25, -0.2) is 10.0 Å². The second-order valence-corrected chi connectivity index (χ2v) is 9.73. The van der Waals surface area contributed by atoms with Gasteiger partial charge in [0, 0.05) is 21.6 Å². The van der Waals surface area contributed by atoms with Crippen LogP contribution < -0.4 is 15.9 Å². The molecule has 5 rings (SSSR count). The maximum absolute atomic E-state index is 13.2. The van der Waals surface area contributed by atoms with E-state index in [9.17, 15) is 4.79 Å². The smallest absolute Gasteiger partial charge is 0.276 e. The van der Waals surface area contributed by atoms with Crippen molar-refractivity contribution >= 4 is 40.1 Å². The molecule has 1 N–H and O–H groups in total. The van der Waals surface area contributed by atoms with E-state index < -0.39 is 6.17 Å². The molecular formula is C26H25ClN4O2S. The highest BCUT2D eigenvalue weighted by Crippen LogP contribution is 2.35. The minimum Gasteiger partial charge on any atom is -0.457 e. The number of halogens is 1. The van der Waals surface area contributed by atoms with Gasteiger partial charge in [0.15, 0.2) is 10.9 Å². The highest BCUT2D eigenvalue weighted by Gasteiger charge is 2.36. The SMILES string of the molecule is CCCCCSC1=NN2C(=c3ccccc3=N[C@H]2c2ccc(-c3cccc(Cl)c3C)o2)C(=O)N1. The molecule has 0 spiro atoms. The number of hydrogen-bond donors (Lipinski definition) is 1. The van der Waals surface area contributed by atoms with Gasteiger partial charge in [0.1, 0.15) is 11.5 Å². The molecule has 1 aromatic heterocycles. The molecule has 1 amide bonds. The zero-order chi connectivity index (χ0) is 23.7. The number of fused-ring (bicyclic) bond motifs is 2. The van der Waals surface area contributed by atoms with E-state index in [4.69, 9.17) is 26.1 Å². The van der Waals surface area contributed by atoms with E-state index in [-0.39, 0.29) is 5.91 Å². The Morgan fingerprint density at radius 3 is 2.82 bits per heavy atom. The van der Waals surface area contributed by atoms with Crippen molar-refractivity contribution in [2.75, 3.05) is 5.75 Å². The van der Waals surface area contributed by atoms with Crippen LogP contribution in [-0.2, 0) is 4.79 Å². The minimum absolute atomic E-state index is 0.183. The Balaban J connectivity index is 1.56. The van der Waals surface area contributed by atoms with Crippen molar-refractivity contribution in [2.24, 2.45) is 10.1 Å². The molecule has 0 unspecified atom stereocenters. The summed E-state index contributed by atoms with van der Waals surface area (Å²) in [6.07, 6.45) is 2.78. The van der Waals surface area contributed by atoms with Gasteiger partial charge in [0.05, 0.1) is 5.36 Å². The predicted molar refractivity (Wildman–Crippen MR) is 137 cm³/mol. The van der Waals surface area contributed by atoms with Crippen molar-refractivity contribution in [3.63, 3.8) is 0 Å². The van der Waals surface area contributed by atoms with Crippen molar-refractivity contribution in [3.05, 3.63) is 81.5 Å². The second-order valence-electron chi connectivity index (χ2n) is 8.24. The number of hydrogen-bond acceptors (Lipinski definition) is 6. The summed E-state index contributed by atoms with van der Waals surface area (Å²) >= 11 is 7.88. The zero-order valence-electron chi connectivity index (χ0n) is 19.0. The van der Waals surface area contributed by atoms with E-state index in [2.05, 4.69) is 12.2 Å². The summed E-state index contributed by atoms with van der Waals surface area (Å²) < 4.78 is 6.28. The van der Waals surface area contributed by atoms with Crippen molar-refractivity contribution in [3.8, 4) is 11.3 Å². The molecule has 3 aromatic rings. The molecule has 1 atom stereocenters. The highest BCUT2D eigenvalue weighted by molar-refractivity contribution is 8.13. The summed E-state index contributed by atoms with van der Waals surface area (Å²) in [4.78, 5) is 18.1. The molecule has 174 valence electrons. The first-order chi connectivity index (χ1) is 16.6. The number of carbonyl (C=O) groups excluding carboxylic acids is 1. The number of amidine groups is 1. The summed E-state index contributed by atoms with van der Waals surface area (Å²) in [5.41, 5.74) is 2.35. The Morgan fingerprint density at radius 1 is 1.12 bits per heavy atom. The average Bonchev–Trinajstić information content (AvgIpc) is 3.32. The van der Waals surface area contributed by atoms with Crippen LogP contribution in [0.15, 0.2) is 69.1 Å². The zero-order valence-corrected chi connectivity index (χ0v) is 20.6. The van der Waals surface area contributed by atoms with Crippen LogP contribution in [0.25, 0.3) is 17.0 Å². The number of carbonyl (C=O) groups is 1. The first-order valence-electron chi connectivity index (χ1n) is 11.4. The van der Waals surface area contributed by atoms with E-state index >= 15 is 0 Å². The molecule has 0 bridgehead atoms. The third-order valence-electron chi connectivity index (χ3n) is 5.92. The van der Waals surface area contributed by atoms with Crippen LogP contribution in [0.1, 0.15) is 43.7 Å². The van der Waals surface area contributed by atoms with Gasteiger partial charge in [0.2, 0.25) is 6.17 Å². The maximum Gasteiger partial charge on any atom is 0.276 e. The molecule has 8 heteroatoms. The number of nitrogens with one attached hydrogen (secondary N) is 1. The summed E-state index contributed by atoms with van der Waals surface area (Å²) in [7, 11) is 0. The van der Waals surface area contributed by atoms with E-state index in [0.717, 1.165) is 46.7 Å². The van der Waals surface area contributed by atoms with E-state index in [1.54, 1.807) is 16.8 Å². The monoisotopic (exact) mass is 492 g/mol. The van der Waals surface area contributed by atoms with Gasteiger partial charge in [-0.3, -0.25) is 10.1 Å². The first kappa shape index (κ1) is 22.7. The normalized spacial score (nSPS) is 17.0. The minimum atomic E-state index is -0.588. The lowest BCUT2D eigenvalue weighted by atomic mass is 10.1. The third-order valence-corrected chi connectivity index (χ3v) is 7.28. The number of nitrogens with zero attached hydrogens (tertiary/aromatic N) is 3. The van der Waals surface area contributed by atoms with Gasteiger partial charge < -0.3 is 4.42 Å². The van der Waals surface area contributed by atoms with Gasteiger partial charge in [-0.1, -0.05) is 73.5 Å². The van der Waals surface area contributed by atoms with Gasteiger partial charge in [-0.05, 0) is 43.2 Å². The van der Waals surface area contributed by atoms with Crippen LogP contribution in [0.4, 0.5) is 0 Å². The Hall–Kier alpha value is -3.03. The fourth-order valence-electron chi connectivity index (χ4n) is 4.11. The quantitative estimate of drug-likeness (QED) is 0.493. The molecule has 34 heavy (non-hydrogen) atoms. The molecule has 2 aliphatic rings. The summed E-state index contributed by atoms with van der Waals surface area (Å²) in [5, 5.41) is 12.2. The van der Waals surface area contributed by atoms with Gasteiger partial charge in [-0.15, -0.1) is 5.10 Å². The fourth-order valence-corrected chi connectivity index (χ4v) is 5.14. The highest BCUT2D eigenvalue weighted by atomic mass is 35.5. The lowest BCUT2D eigenvalue weighted by molar-refractivity contribution is -0.116. The molecule has 0 radical (unpaired) electrons. The van der Waals surface area contributed by atoms with Crippen LogP contribution in [0.2, 0.25) is 5.02 Å². The maximum atomic E-state index is 13.2. The molecule has 3 heterocycles. The number of unbranched alkanes of at least 4 members (excludes halogenated alkanes) is 2.